The van der Waals surface area contributed by atoms with Gasteiger partial charge in [-0.3, -0.25) is 10.1 Å². The number of aryl methyl sites for hydroxylation is 1. The fourth-order valence-corrected chi connectivity index (χ4v) is 4.04. The Labute approximate surface area is 159 Å². The predicted molar refractivity (Wildman–Crippen MR) is 106 cm³/mol. The lowest BCUT2D eigenvalue weighted by atomic mass is 9.93. The number of para-hydroxylation sites is 1. The van der Waals surface area contributed by atoms with E-state index in [-0.39, 0.29) is 17.6 Å². The third-order valence-electron chi connectivity index (χ3n) is 4.33. The van der Waals surface area contributed by atoms with Gasteiger partial charge in [0.25, 0.3) is 5.91 Å². The highest BCUT2D eigenvalue weighted by Gasteiger charge is 2.28. The summed E-state index contributed by atoms with van der Waals surface area (Å²) in [6.07, 6.45) is 2.33. The van der Waals surface area contributed by atoms with Crippen LogP contribution in [0, 0.1) is 6.92 Å². The Hall–Kier alpha value is -3.20. The van der Waals surface area contributed by atoms with Crippen molar-refractivity contribution in [1.29, 1.82) is 0 Å². The van der Waals surface area contributed by atoms with E-state index in [4.69, 9.17) is 15.9 Å². The average Bonchev–Trinajstić information content (AvgIpc) is 3.20. The van der Waals surface area contributed by atoms with Crippen molar-refractivity contribution in [3.05, 3.63) is 46.9 Å². The molecule has 138 valence electrons. The van der Waals surface area contributed by atoms with Gasteiger partial charge in [-0.2, -0.15) is 5.10 Å². The molecule has 0 radical (unpaired) electrons. The van der Waals surface area contributed by atoms with Crippen molar-refractivity contribution in [2.75, 3.05) is 5.32 Å². The summed E-state index contributed by atoms with van der Waals surface area (Å²) in [6.45, 7) is 1.84. The van der Waals surface area contributed by atoms with Crippen LogP contribution in [0.25, 0.3) is 10.2 Å². The van der Waals surface area contributed by atoms with Gasteiger partial charge in [0.2, 0.25) is 5.96 Å². The van der Waals surface area contributed by atoms with Crippen LogP contribution in [0.15, 0.2) is 38.9 Å². The van der Waals surface area contributed by atoms with Gasteiger partial charge in [0.1, 0.15) is 5.76 Å². The number of carbonyl (C=O) groups excluding carboxylic acids is 1. The van der Waals surface area contributed by atoms with Gasteiger partial charge in [-0.1, -0.05) is 23.5 Å². The number of nitrogens with two attached hydrogens (primary N) is 2. The Morgan fingerprint density at radius 2 is 2.11 bits per heavy atom. The van der Waals surface area contributed by atoms with Crippen molar-refractivity contribution in [2.24, 2.45) is 21.7 Å². The van der Waals surface area contributed by atoms with Crippen molar-refractivity contribution in [1.82, 2.24) is 4.98 Å². The maximum Gasteiger partial charge on any atom is 0.293 e. The van der Waals surface area contributed by atoms with E-state index in [9.17, 15) is 4.79 Å². The molecular formula is C18H18N6O2S. The number of nitrogens with one attached hydrogen (secondary N) is 1. The van der Waals surface area contributed by atoms with E-state index in [0.717, 1.165) is 52.1 Å². The van der Waals surface area contributed by atoms with E-state index < -0.39 is 0 Å². The molecule has 0 saturated heterocycles. The Kier molecular flexibility index (Phi) is 4.36. The monoisotopic (exact) mass is 382 g/mol. The number of amides is 1. The van der Waals surface area contributed by atoms with Crippen LogP contribution < -0.4 is 16.8 Å². The zero-order chi connectivity index (χ0) is 19.0. The molecule has 1 aliphatic rings. The SMILES string of the molecule is Cc1c(C(=O)Nc2nc3ccccc3s2)oc2c1/C(=N/N=C(N)N)CCC2. The summed E-state index contributed by atoms with van der Waals surface area (Å²) in [5.41, 5.74) is 13.9. The zero-order valence-corrected chi connectivity index (χ0v) is 15.5. The molecule has 2 aromatic heterocycles. The normalized spacial score (nSPS) is 14.9. The quantitative estimate of drug-likeness (QED) is 0.364. The first kappa shape index (κ1) is 17.2. The summed E-state index contributed by atoms with van der Waals surface area (Å²) in [5, 5.41) is 11.2. The molecule has 0 saturated carbocycles. The number of carbonyl (C=O) groups is 1. The number of aromatic nitrogens is 1. The van der Waals surface area contributed by atoms with Gasteiger partial charge in [0, 0.05) is 17.5 Å². The van der Waals surface area contributed by atoms with Crippen LogP contribution in [0.4, 0.5) is 5.13 Å². The highest BCUT2D eigenvalue weighted by atomic mass is 32.1. The van der Waals surface area contributed by atoms with E-state index in [1.54, 1.807) is 0 Å². The number of hydrogen-bond acceptors (Lipinski definition) is 6. The van der Waals surface area contributed by atoms with Crippen molar-refractivity contribution >= 4 is 44.3 Å². The van der Waals surface area contributed by atoms with Crippen LogP contribution in [0.2, 0.25) is 0 Å². The topological polar surface area (TPSA) is 132 Å². The summed E-state index contributed by atoms with van der Waals surface area (Å²) >= 11 is 1.42. The van der Waals surface area contributed by atoms with E-state index in [0.29, 0.717) is 5.13 Å². The molecule has 0 bridgehead atoms. The fourth-order valence-electron chi connectivity index (χ4n) is 3.18. The molecule has 1 aliphatic carbocycles. The number of guanidine groups is 1. The summed E-state index contributed by atoms with van der Waals surface area (Å²) in [4.78, 5) is 17.2. The second-order valence-electron chi connectivity index (χ2n) is 6.22. The lowest BCUT2D eigenvalue weighted by Crippen LogP contribution is -2.22. The predicted octanol–water partition coefficient (Wildman–Crippen LogP) is 2.76. The fraction of sp³-hybridized carbons (Fsp3) is 0.222. The smallest absolute Gasteiger partial charge is 0.293 e. The minimum atomic E-state index is -0.331. The van der Waals surface area contributed by atoms with Crippen molar-refractivity contribution in [3.8, 4) is 0 Å². The largest absolute Gasteiger partial charge is 0.455 e. The van der Waals surface area contributed by atoms with Gasteiger partial charge in [-0.25, -0.2) is 4.98 Å². The Balaban J connectivity index is 1.65. The van der Waals surface area contributed by atoms with Crippen LogP contribution in [0.5, 0.6) is 0 Å². The van der Waals surface area contributed by atoms with Crippen molar-refractivity contribution < 1.29 is 9.21 Å². The van der Waals surface area contributed by atoms with Gasteiger partial charge in [0.05, 0.1) is 15.9 Å². The van der Waals surface area contributed by atoms with Gasteiger partial charge in [-0.15, -0.1) is 5.10 Å². The number of thiazole rings is 1. The number of furan rings is 1. The maximum absolute atomic E-state index is 12.8. The molecule has 1 aromatic carbocycles. The molecule has 5 N–H and O–H groups in total. The minimum Gasteiger partial charge on any atom is -0.455 e. The summed E-state index contributed by atoms with van der Waals surface area (Å²) in [6, 6.07) is 7.72. The Bertz CT molecular complexity index is 1060. The van der Waals surface area contributed by atoms with Crippen LogP contribution in [-0.4, -0.2) is 22.6 Å². The first-order valence-corrected chi connectivity index (χ1v) is 9.29. The highest BCUT2D eigenvalue weighted by Crippen LogP contribution is 2.31. The highest BCUT2D eigenvalue weighted by molar-refractivity contribution is 7.22. The first-order valence-electron chi connectivity index (χ1n) is 8.48. The lowest BCUT2D eigenvalue weighted by Gasteiger charge is -2.11. The van der Waals surface area contributed by atoms with E-state index >= 15 is 0 Å². The number of anilines is 1. The molecule has 0 atom stereocenters. The molecule has 0 aliphatic heterocycles. The average molecular weight is 382 g/mol. The van der Waals surface area contributed by atoms with E-state index in [1.165, 1.54) is 11.3 Å². The number of benzene rings is 1. The van der Waals surface area contributed by atoms with E-state index in [2.05, 4.69) is 20.5 Å². The molecule has 8 nitrogen and oxygen atoms in total. The van der Waals surface area contributed by atoms with Gasteiger partial charge in [-0.05, 0) is 31.9 Å². The summed E-state index contributed by atoms with van der Waals surface area (Å²) < 4.78 is 6.86. The van der Waals surface area contributed by atoms with Gasteiger partial charge >= 0.3 is 0 Å². The standard InChI is InChI=1S/C18H18N6O2S/c1-9-14-11(23-24-17(19)20)6-4-7-12(14)26-15(9)16(25)22-18-21-10-5-2-3-8-13(10)27-18/h2-3,5,8H,4,6-7H2,1H3,(H4,19,20,24)(H,21,22,25)/b23-11+. The van der Waals surface area contributed by atoms with Crippen molar-refractivity contribution in [3.63, 3.8) is 0 Å². The molecule has 9 heteroatoms. The van der Waals surface area contributed by atoms with Crippen LogP contribution in [0.1, 0.15) is 40.3 Å². The van der Waals surface area contributed by atoms with Crippen LogP contribution >= 0.6 is 11.3 Å². The maximum atomic E-state index is 12.8. The molecule has 3 aromatic rings. The van der Waals surface area contributed by atoms with Crippen LogP contribution in [-0.2, 0) is 6.42 Å². The third-order valence-corrected chi connectivity index (χ3v) is 5.28. The molecule has 2 heterocycles. The molecule has 1 amide bonds. The second kappa shape index (κ2) is 6.84. The minimum absolute atomic E-state index is 0.107. The summed E-state index contributed by atoms with van der Waals surface area (Å²) in [7, 11) is 0. The van der Waals surface area contributed by atoms with Crippen molar-refractivity contribution in [2.45, 2.75) is 26.2 Å². The lowest BCUT2D eigenvalue weighted by molar-refractivity contribution is 0.0994. The molecule has 27 heavy (non-hydrogen) atoms. The Morgan fingerprint density at radius 1 is 1.30 bits per heavy atom. The number of hydrogen-bond donors (Lipinski definition) is 3. The molecule has 0 spiro atoms. The second-order valence-corrected chi connectivity index (χ2v) is 7.25. The number of nitrogens with zero attached hydrogens (tertiary/aromatic N) is 3. The zero-order valence-electron chi connectivity index (χ0n) is 14.7. The van der Waals surface area contributed by atoms with Crippen LogP contribution in [0.3, 0.4) is 0 Å². The number of fused-ring (bicyclic) bond motifs is 2. The van der Waals surface area contributed by atoms with Gasteiger partial charge in [0.15, 0.2) is 10.9 Å². The molecule has 0 fully saturated rings. The Morgan fingerprint density at radius 3 is 2.89 bits per heavy atom. The molecule has 0 unspecified atom stereocenters. The summed E-state index contributed by atoms with van der Waals surface area (Å²) in [5.74, 6) is 0.558. The molecule has 4 rings (SSSR count). The first-order chi connectivity index (χ1) is 13.0. The number of rotatable bonds is 3. The third kappa shape index (κ3) is 3.28. The van der Waals surface area contributed by atoms with Gasteiger partial charge < -0.3 is 15.9 Å². The van der Waals surface area contributed by atoms with E-state index in [1.807, 2.05) is 31.2 Å². The molecular weight excluding hydrogens is 364 g/mol.